The fourth-order valence-corrected chi connectivity index (χ4v) is 8.41. The highest BCUT2D eigenvalue weighted by molar-refractivity contribution is 7.90. The monoisotopic (exact) mass is 954 g/mol. The molecule has 2 aromatic carbocycles. The second-order valence-corrected chi connectivity index (χ2v) is 18.7. The first kappa shape index (κ1) is 53.2. The normalized spacial score (nSPS) is 15.2. The number of hydrogen-bond donors (Lipinski definition) is 6. The van der Waals surface area contributed by atoms with Crippen molar-refractivity contribution in [2.45, 2.75) is 128 Å². The number of rotatable bonds is 24. The quantitative estimate of drug-likeness (QED) is 0.0696. The van der Waals surface area contributed by atoms with Crippen molar-refractivity contribution in [3.05, 3.63) is 78.4 Å². The fourth-order valence-electron chi connectivity index (χ4n) is 7.39. The van der Waals surface area contributed by atoms with E-state index >= 15 is 0 Å². The Kier molecular flexibility index (Phi) is 20.3. The van der Waals surface area contributed by atoms with Crippen LogP contribution in [0.1, 0.15) is 102 Å². The number of nitrogens with zero attached hydrogens (tertiary/aromatic N) is 2. The highest BCUT2D eigenvalue weighted by Gasteiger charge is 2.37. The first-order valence-electron chi connectivity index (χ1n) is 22.2. The lowest BCUT2D eigenvalue weighted by Crippen LogP contribution is -2.60. The van der Waals surface area contributed by atoms with Gasteiger partial charge in [-0.1, -0.05) is 90.5 Å². The minimum atomic E-state index is -4.53. The van der Waals surface area contributed by atoms with E-state index in [-0.39, 0.29) is 41.0 Å². The highest BCUT2D eigenvalue weighted by Crippen LogP contribution is 2.28. The van der Waals surface area contributed by atoms with Gasteiger partial charge in [-0.3, -0.25) is 38.5 Å². The van der Waals surface area contributed by atoms with Crippen LogP contribution in [0.5, 0.6) is 11.5 Å². The predicted molar refractivity (Wildman–Crippen MR) is 241 cm³/mol. The maximum atomic E-state index is 14.1. The van der Waals surface area contributed by atoms with Gasteiger partial charge in [0.05, 0.1) is 17.6 Å². The van der Waals surface area contributed by atoms with Crippen LogP contribution in [-0.4, -0.2) is 96.7 Å². The third kappa shape index (κ3) is 16.8. The van der Waals surface area contributed by atoms with Gasteiger partial charge in [0.25, 0.3) is 27.7 Å². The summed E-state index contributed by atoms with van der Waals surface area (Å²) in [6, 6.07) is 6.38. The lowest BCUT2D eigenvalue weighted by molar-refractivity contribution is -0.141. The number of benzene rings is 2. The summed E-state index contributed by atoms with van der Waals surface area (Å²) >= 11 is 0. The molecule has 0 bridgehead atoms. The molecule has 1 aliphatic carbocycles. The Bertz CT molecular complexity index is 2320. The van der Waals surface area contributed by atoms with Gasteiger partial charge >= 0.3 is 0 Å². The SMILES string of the molecule is CCC(C)C(NC(=O)C(CC(C)C)NC(=O)c1cnccn1)C(=O)NC(CC1CCCCC1)C(=O)NC(CC(F)F)C(=O)C(=O)NCC(=O)NS(=O)(=O)c1cccc(Oc2ccccc2C)c1. The van der Waals surface area contributed by atoms with Crippen molar-refractivity contribution in [3.63, 3.8) is 0 Å². The van der Waals surface area contributed by atoms with E-state index in [0.29, 0.717) is 25.0 Å². The Hall–Kier alpha value is -6.38. The molecule has 4 rings (SSSR count). The average molecular weight is 955 g/mol. The van der Waals surface area contributed by atoms with Gasteiger partial charge in [-0.15, -0.1) is 0 Å². The van der Waals surface area contributed by atoms with Gasteiger partial charge in [0.15, 0.2) is 0 Å². The summed E-state index contributed by atoms with van der Waals surface area (Å²) in [5.41, 5.74) is 0.748. The molecule has 1 fully saturated rings. The first-order valence-corrected chi connectivity index (χ1v) is 23.7. The molecule has 3 aromatic rings. The molecule has 364 valence electrons. The van der Waals surface area contributed by atoms with Gasteiger partial charge in [-0.25, -0.2) is 26.9 Å². The van der Waals surface area contributed by atoms with Crippen LogP contribution in [0.3, 0.4) is 0 Å². The van der Waals surface area contributed by atoms with Gasteiger partial charge in [-0.2, -0.15) is 0 Å². The van der Waals surface area contributed by atoms with E-state index in [9.17, 15) is 50.8 Å². The van der Waals surface area contributed by atoms with Gasteiger partial charge in [0.1, 0.15) is 41.4 Å². The molecule has 67 heavy (non-hydrogen) atoms. The summed E-state index contributed by atoms with van der Waals surface area (Å²) < 4.78 is 61.5. The lowest BCUT2D eigenvalue weighted by atomic mass is 9.84. The molecule has 0 spiro atoms. The van der Waals surface area contributed by atoms with Crippen molar-refractivity contribution in [2.75, 3.05) is 6.54 Å². The van der Waals surface area contributed by atoms with E-state index in [1.54, 1.807) is 49.8 Å². The molecule has 1 heterocycles. The third-order valence-corrected chi connectivity index (χ3v) is 12.6. The molecule has 5 atom stereocenters. The maximum Gasteiger partial charge on any atom is 0.290 e. The van der Waals surface area contributed by atoms with Gasteiger partial charge in [-0.05, 0) is 61.3 Å². The van der Waals surface area contributed by atoms with E-state index in [1.807, 2.05) is 19.2 Å². The first-order chi connectivity index (χ1) is 31.8. The zero-order valence-electron chi connectivity index (χ0n) is 38.2. The van der Waals surface area contributed by atoms with Gasteiger partial charge < -0.3 is 31.3 Å². The van der Waals surface area contributed by atoms with Crippen molar-refractivity contribution in [3.8, 4) is 11.5 Å². The number of Topliss-reactive ketones (excluding diaryl/α,β-unsaturated/α-hetero) is 1. The van der Waals surface area contributed by atoms with Crippen LogP contribution in [0.2, 0.25) is 0 Å². The summed E-state index contributed by atoms with van der Waals surface area (Å²) in [4.78, 5) is 101. The minimum Gasteiger partial charge on any atom is -0.457 e. The molecule has 6 amide bonds. The number of nitrogens with one attached hydrogen (secondary N) is 6. The number of hydrogen-bond acceptors (Lipinski definition) is 12. The van der Waals surface area contributed by atoms with Crippen molar-refractivity contribution in [1.29, 1.82) is 0 Å². The molecular weight excluding hydrogens is 895 g/mol. The second kappa shape index (κ2) is 25.5. The van der Waals surface area contributed by atoms with Crippen LogP contribution in [0.4, 0.5) is 8.78 Å². The summed E-state index contributed by atoms with van der Waals surface area (Å²) in [7, 11) is -4.53. The Morgan fingerprint density at radius 1 is 0.806 bits per heavy atom. The topological polar surface area (TPSA) is 261 Å². The highest BCUT2D eigenvalue weighted by atomic mass is 32.2. The third-order valence-electron chi connectivity index (χ3n) is 11.2. The van der Waals surface area contributed by atoms with Crippen molar-refractivity contribution in [1.82, 2.24) is 41.3 Å². The smallest absolute Gasteiger partial charge is 0.290 e. The van der Waals surface area contributed by atoms with Crippen LogP contribution >= 0.6 is 0 Å². The Labute approximate surface area is 389 Å². The van der Waals surface area contributed by atoms with E-state index < -0.39 is 101 Å². The van der Waals surface area contributed by atoms with Crippen LogP contribution in [0, 0.1) is 24.7 Å². The van der Waals surface area contributed by atoms with Crippen molar-refractivity contribution >= 4 is 51.2 Å². The molecule has 1 saturated carbocycles. The number of sulfonamides is 1. The molecular formula is C46H60F2N8O10S. The van der Waals surface area contributed by atoms with Crippen molar-refractivity contribution < 1.29 is 55.5 Å². The van der Waals surface area contributed by atoms with E-state index in [4.69, 9.17) is 4.74 Å². The van der Waals surface area contributed by atoms with E-state index in [0.717, 1.165) is 24.8 Å². The number of para-hydroxylation sites is 1. The number of carbonyl (C=O) groups is 7. The molecule has 5 unspecified atom stereocenters. The Balaban J connectivity index is 1.46. The minimum absolute atomic E-state index is 0.0301. The number of halogens is 2. The van der Waals surface area contributed by atoms with Crippen LogP contribution in [0.15, 0.2) is 72.0 Å². The molecule has 1 aliphatic rings. The van der Waals surface area contributed by atoms with Crippen LogP contribution in [-0.2, 0) is 38.8 Å². The zero-order valence-corrected chi connectivity index (χ0v) is 39.0. The predicted octanol–water partition coefficient (Wildman–Crippen LogP) is 4.04. The summed E-state index contributed by atoms with van der Waals surface area (Å²) in [6.07, 6.45) is 4.06. The van der Waals surface area contributed by atoms with Gasteiger partial charge in [0, 0.05) is 24.9 Å². The second-order valence-electron chi connectivity index (χ2n) is 17.0. The number of ketones is 1. The summed E-state index contributed by atoms with van der Waals surface area (Å²) in [5.74, 6) is -7.64. The summed E-state index contributed by atoms with van der Waals surface area (Å²) in [5, 5.41) is 12.2. The number of ether oxygens (including phenoxy) is 1. The largest absolute Gasteiger partial charge is 0.457 e. The molecule has 18 nitrogen and oxygen atoms in total. The summed E-state index contributed by atoms with van der Waals surface area (Å²) in [6.45, 7) is 7.88. The molecule has 21 heteroatoms. The number of amides is 6. The number of aromatic nitrogens is 2. The Morgan fingerprint density at radius 2 is 1.49 bits per heavy atom. The standard InChI is InChI=1S/C46H60F2N8O10S/c1-6-28(4)40(55-43(60)34(21-27(2)3)53-44(61)36-25-49-19-20-50-36)45(62)54-35(22-30-14-8-7-9-15-30)42(59)52-33(24-38(47)48)41(58)46(63)51-26-39(57)56-67(64,65)32-17-12-16-31(23-32)66-37-18-11-10-13-29(37)5/h10-13,16-20,23,25,27-28,30,33-35,38,40H,6-9,14-15,21-22,24,26H2,1-5H3,(H,51,63)(H,52,59)(H,53,61)(H,54,62)(H,55,60)(H,56,57). The number of carbonyl (C=O) groups excluding carboxylic acids is 7. The molecule has 0 radical (unpaired) electrons. The van der Waals surface area contributed by atoms with Gasteiger partial charge in [0.2, 0.25) is 29.9 Å². The van der Waals surface area contributed by atoms with Crippen molar-refractivity contribution in [2.24, 2.45) is 17.8 Å². The lowest BCUT2D eigenvalue weighted by Gasteiger charge is -2.31. The molecule has 1 aromatic heterocycles. The molecule has 6 N–H and O–H groups in total. The van der Waals surface area contributed by atoms with E-state index in [1.165, 1.54) is 42.9 Å². The zero-order chi connectivity index (χ0) is 49.3. The molecule has 0 saturated heterocycles. The molecule has 0 aliphatic heterocycles. The van der Waals surface area contributed by atoms with E-state index in [2.05, 4.69) is 31.2 Å². The number of aryl methyl sites for hydroxylation is 1. The fraction of sp³-hybridized carbons (Fsp3) is 0.500. The maximum absolute atomic E-state index is 14.1. The Morgan fingerprint density at radius 3 is 2.13 bits per heavy atom. The number of alkyl halides is 2. The van der Waals surface area contributed by atoms with Crippen LogP contribution < -0.4 is 36.0 Å². The van der Waals surface area contributed by atoms with Crippen LogP contribution in [0.25, 0.3) is 0 Å². The average Bonchev–Trinajstić information content (AvgIpc) is 3.29.